The van der Waals surface area contributed by atoms with E-state index < -0.39 is 0 Å². The quantitative estimate of drug-likeness (QED) is 0.796. The monoisotopic (exact) mass is 333 g/mol. The number of carbonyl (C=O) groups excluding carboxylic acids is 1. The first-order valence-electron chi connectivity index (χ1n) is 7.13. The third kappa shape index (κ3) is 3.19. The van der Waals surface area contributed by atoms with E-state index in [4.69, 9.17) is 25.5 Å². The average Bonchev–Trinajstić information content (AvgIpc) is 3.22. The first-order chi connectivity index (χ1) is 11.1. The molecule has 0 saturated carbocycles. The topological polar surface area (TPSA) is 51.9 Å². The number of fused-ring (bicyclic) bond motifs is 1. The molecule has 23 heavy (non-hydrogen) atoms. The molecule has 1 aromatic heterocycles. The molecule has 1 unspecified atom stereocenters. The van der Waals surface area contributed by atoms with Gasteiger partial charge in [-0.25, -0.2) is 0 Å². The third-order valence-electron chi connectivity index (χ3n) is 3.75. The summed E-state index contributed by atoms with van der Waals surface area (Å²) in [6, 6.07) is 7.01. The van der Waals surface area contributed by atoms with Crippen molar-refractivity contribution in [1.29, 1.82) is 0 Å². The number of hydrogen-bond acceptors (Lipinski definition) is 4. The van der Waals surface area contributed by atoms with Crippen LogP contribution in [0.2, 0.25) is 5.02 Å². The third-order valence-corrected chi connectivity index (χ3v) is 4.03. The summed E-state index contributed by atoms with van der Waals surface area (Å²) in [5.74, 6) is 1.73. The highest BCUT2D eigenvalue weighted by atomic mass is 35.5. The van der Waals surface area contributed by atoms with Crippen LogP contribution in [0.15, 0.2) is 41.0 Å². The molecule has 0 radical (unpaired) electrons. The highest BCUT2D eigenvalue weighted by molar-refractivity contribution is 6.32. The predicted molar refractivity (Wildman–Crippen MR) is 86.5 cm³/mol. The van der Waals surface area contributed by atoms with Crippen LogP contribution < -0.4 is 9.47 Å². The standard InChI is InChI=1S/C17H16ClNO4/c1-11(14-4-3-7-21-14)19(2)16(20)6-5-12-8-13(18)17-15(9-12)22-10-23-17/h3-9,11H,10H2,1-2H3/b6-5+. The lowest BCUT2D eigenvalue weighted by Gasteiger charge is -2.21. The van der Waals surface area contributed by atoms with Crippen molar-refractivity contribution in [2.75, 3.05) is 13.8 Å². The van der Waals surface area contributed by atoms with Gasteiger partial charge in [-0.15, -0.1) is 0 Å². The van der Waals surface area contributed by atoms with Crippen LogP contribution in [-0.2, 0) is 4.79 Å². The van der Waals surface area contributed by atoms with Gasteiger partial charge in [-0.2, -0.15) is 0 Å². The van der Waals surface area contributed by atoms with Gasteiger partial charge in [0.15, 0.2) is 11.5 Å². The van der Waals surface area contributed by atoms with E-state index in [0.29, 0.717) is 16.5 Å². The molecule has 6 heteroatoms. The molecule has 120 valence electrons. The van der Waals surface area contributed by atoms with Crippen molar-refractivity contribution >= 4 is 23.6 Å². The fourth-order valence-electron chi connectivity index (χ4n) is 2.28. The van der Waals surface area contributed by atoms with E-state index in [1.165, 1.54) is 6.08 Å². The molecule has 1 amide bonds. The van der Waals surface area contributed by atoms with Crippen LogP contribution in [0.3, 0.4) is 0 Å². The summed E-state index contributed by atoms with van der Waals surface area (Å²) in [6.45, 7) is 2.06. The van der Waals surface area contributed by atoms with Gasteiger partial charge in [0.25, 0.3) is 0 Å². The lowest BCUT2D eigenvalue weighted by atomic mass is 10.1. The molecule has 2 aromatic rings. The first kappa shape index (κ1) is 15.5. The van der Waals surface area contributed by atoms with Gasteiger partial charge in [-0.3, -0.25) is 4.79 Å². The lowest BCUT2D eigenvalue weighted by molar-refractivity contribution is -0.126. The van der Waals surface area contributed by atoms with E-state index in [0.717, 1.165) is 11.3 Å². The molecule has 0 aliphatic carbocycles. The van der Waals surface area contributed by atoms with Gasteiger partial charge in [0.1, 0.15) is 5.76 Å². The Morgan fingerprint density at radius 2 is 2.22 bits per heavy atom. The van der Waals surface area contributed by atoms with Crippen molar-refractivity contribution in [2.45, 2.75) is 13.0 Å². The van der Waals surface area contributed by atoms with Gasteiger partial charge < -0.3 is 18.8 Å². The number of hydrogen-bond donors (Lipinski definition) is 0. The SMILES string of the molecule is CC(c1ccco1)N(C)C(=O)/C=C/c1cc(Cl)c2c(c1)OCO2. The Hall–Kier alpha value is -2.40. The van der Waals surface area contributed by atoms with Crippen molar-refractivity contribution in [3.8, 4) is 11.5 Å². The Bertz CT molecular complexity index is 739. The van der Waals surface area contributed by atoms with E-state index in [1.54, 1.807) is 42.5 Å². The molecule has 1 atom stereocenters. The summed E-state index contributed by atoms with van der Waals surface area (Å²) in [6.07, 6.45) is 4.78. The van der Waals surface area contributed by atoms with Crippen molar-refractivity contribution in [2.24, 2.45) is 0 Å². The van der Waals surface area contributed by atoms with E-state index in [2.05, 4.69) is 0 Å². The molecule has 1 aliphatic rings. The Morgan fingerprint density at radius 3 is 2.96 bits per heavy atom. The molecular weight excluding hydrogens is 318 g/mol. The molecule has 0 spiro atoms. The number of carbonyl (C=O) groups is 1. The Balaban J connectivity index is 1.72. The number of halogens is 1. The van der Waals surface area contributed by atoms with Crippen LogP contribution >= 0.6 is 11.6 Å². The molecule has 1 aromatic carbocycles. The molecule has 0 N–H and O–H groups in total. The average molecular weight is 334 g/mol. The summed E-state index contributed by atoms with van der Waals surface area (Å²) >= 11 is 6.12. The molecule has 0 saturated heterocycles. The molecule has 1 aliphatic heterocycles. The van der Waals surface area contributed by atoms with E-state index >= 15 is 0 Å². The molecule has 5 nitrogen and oxygen atoms in total. The predicted octanol–water partition coefficient (Wildman–Crippen LogP) is 3.89. The summed E-state index contributed by atoms with van der Waals surface area (Å²) in [5.41, 5.74) is 0.770. The number of amides is 1. The van der Waals surface area contributed by atoms with Crippen LogP contribution in [-0.4, -0.2) is 24.6 Å². The zero-order valence-corrected chi connectivity index (χ0v) is 13.5. The Kier molecular flexibility index (Phi) is 4.30. The van der Waals surface area contributed by atoms with Crippen LogP contribution in [0.4, 0.5) is 0 Å². The second-order valence-electron chi connectivity index (χ2n) is 5.21. The first-order valence-corrected chi connectivity index (χ1v) is 7.51. The minimum Gasteiger partial charge on any atom is -0.467 e. The molecule has 2 heterocycles. The summed E-state index contributed by atoms with van der Waals surface area (Å²) in [5, 5.41) is 0.462. The maximum atomic E-state index is 12.3. The van der Waals surface area contributed by atoms with Crippen LogP contribution in [0, 0.1) is 0 Å². The van der Waals surface area contributed by atoms with Crippen molar-refractivity contribution < 1.29 is 18.7 Å². The zero-order valence-electron chi connectivity index (χ0n) is 12.8. The van der Waals surface area contributed by atoms with Crippen molar-refractivity contribution in [3.63, 3.8) is 0 Å². The summed E-state index contributed by atoms with van der Waals surface area (Å²) < 4.78 is 15.9. The number of ether oxygens (including phenoxy) is 2. The van der Waals surface area contributed by atoms with Crippen LogP contribution in [0.5, 0.6) is 11.5 Å². The minimum atomic E-state index is -0.150. The van der Waals surface area contributed by atoms with E-state index in [9.17, 15) is 4.79 Å². The molecule has 0 bridgehead atoms. The fraction of sp³-hybridized carbons (Fsp3) is 0.235. The number of benzene rings is 1. The summed E-state index contributed by atoms with van der Waals surface area (Å²) in [7, 11) is 1.73. The largest absolute Gasteiger partial charge is 0.467 e. The van der Waals surface area contributed by atoms with Gasteiger partial charge in [-0.1, -0.05) is 11.6 Å². The fourth-order valence-corrected chi connectivity index (χ4v) is 2.55. The molecule has 3 rings (SSSR count). The number of likely N-dealkylation sites (N-methyl/N-ethyl adjacent to an activating group) is 1. The van der Waals surface area contributed by atoms with Crippen molar-refractivity contribution in [3.05, 3.63) is 53.0 Å². The maximum absolute atomic E-state index is 12.3. The normalized spacial score (nSPS) is 14.2. The van der Waals surface area contributed by atoms with E-state index in [-0.39, 0.29) is 18.7 Å². The highest BCUT2D eigenvalue weighted by Gasteiger charge is 2.19. The van der Waals surface area contributed by atoms with Gasteiger partial charge in [-0.05, 0) is 42.8 Å². The molecular formula is C17H16ClNO4. The Morgan fingerprint density at radius 1 is 1.39 bits per heavy atom. The number of nitrogens with zero attached hydrogens (tertiary/aromatic N) is 1. The van der Waals surface area contributed by atoms with Gasteiger partial charge in [0.05, 0.1) is 17.3 Å². The number of furan rings is 1. The van der Waals surface area contributed by atoms with E-state index in [1.807, 2.05) is 13.0 Å². The zero-order chi connectivity index (χ0) is 16.4. The minimum absolute atomic E-state index is 0.136. The molecule has 0 fully saturated rings. The van der Waals surface area contributed by atoms with Crippen LogP contribution in [0.1, 0.15) is 24.3 Å². The number of rotatable bonds is 4. The Labute approximate surface area is 139 Å². The highest BCUT2D eigenvalue weighted by Crippen LogP contribution is 2.40. The van der Waals surface area contributed by atoms with Crippen molar-refractivity contribution in [1.82, 2.24) is 4.90 Å². The maximum Gasteiger partial charge on any atom is 0.246 e. The second kappa shape index (κ2) is 6.38. The van der Waals surface area contributed by atoms with Gasteiger partial charge in [0.2, 0.25) is 12.7 Å². The van der Waals surface area contributed by atoms with Crippen LogP contribution in [0.25, 0.3) is 6.08 Å². The van der Waals surface area contributed by atoms with Gasteiger partial charge in [0, 0.05) is 13.1 Å². The lowest BCUT2D eigenvalue weighted by Crippen LogP contribution is -2.27. The van der Waals surface area contributed by atoms with Gasteiger partial charge >= 0.3 is 0 Å². The second-order valence-corrected chi connectivity index (χ2v) is 5.62. The summed E-state index contributed by atoms with van der Waals surface area (Å²) in [4.78, 5) is 13.9. The smallest absolute Gasteiger partial charge is 0.246 e.